The van der Waals surface area contributed by atoms with E-state index in [1.807, 2.05) is 13.8 Å². The maximum atomic E-state index is 10.9. The summed E-state index contributed by atoms with van der Waals surface area (Å²) in [6.07, 6.45) is 2.34. The summed E-state index contributed by atoms with van der Waals surface area (Å²) in [6, 6.07) is 0. The highest BCUT2D eigenvalue weighted by Gasteiger charge is 2.02. The zero-order valence-electron chi connectivity index (χ0n) is 6.68. The fourth-order valence-electron chi connectivity index (χ4n) is 0.645. The highest BCUT2D eigenvalue weighted by molar-refractivity contribution is 5.76. The molecule has 0 radical (unpaired) electrons. The van der Waals surface area contributed by atoms with Crippen LogP contribution >= 0.6 is 0 Å². The summed E-state index contributed by atoms with van der Waals surface area (Å²) in [4.78, 5) is 10.9. The molecule has 10 heavy (non-hydrogen) atoms. The van der Waals surface area contributed by atoms with Crippen LogP contribution in [0, 0.1) is 5.92 Å². The Labute approximate surface area is 62.3 Å². The van der Waals surface area contributed by atoms with Crippen molar-refractivity contribution in [1.82, 2.24) is 5.32 Å². The molecule has 0 aliphatic rings. The second kappa shape index (κ2) is 5.03. The molecular formula is C8H15NO. The average Bonchev–Trinajstić information content (AvgIpc) is 1.88. The van der Waals surface area contributed by atoms with Gasteiger partial charge in [-0.05, 0) is 12.8 Å². The van der Waals surface area contributed by atoms with Gasteiger partial charge in [-0.25, -0.2) is 0 Å². The largest absolute Gasteiger partial charge is 0.356 e. The van der Waals surface area contributed by atoms with Gasteiger partial charge in [-0.2, -0.15) is 0 Å². The van der Waals surface area contributed by atoms with Crippen molar-refractivity contribution < 1.29 is 4.79 Å². The molecule has 2 nitrogen and oxygen atoms in total. The van der Waals surface area contributed by atoms with Gasteiger partial charge in [-0.15, -0.1) is 6.58 Å². The van der Waals surface area contributed by atoms with Gasteiger partial charge in [0.15, 0.2) is 0 Å². The summed E-state index contributed by atoms with van der Waals surface area (Å²) in [6.45, 7) is 8.19. The molecule has 1 N–H and O–H groups in total. The number of nitrogens with one attached hydrogen (secondary N) is 1. The van der Waals surface area contributed by atoms with Crippen LogP contribution in [0.15, 0.2) is 12.7 Å². The molecule has 0 rings (SSSR count). The summed E-state index contributed by atoms with van der Waals surface area (Å²) in [5.41, 5.74) is 0. The second-order valence-electron chi connectivity index (χ2n) is 2.37. The van der Waals surface area contributed by atoms with Crippen LogP contribution in [-0.2, 0) is 4.79 Å². The quantitative estimate of drug-likeness (QED) is 0.588. The number of carbonyl (C=O) groups is 1. The van der Waals surface area contributed by atoms with Crippen LogP contribution in [0.2, 0.25) is 0 Å². The Hall–Kier alpha value is -0.790. The van der Waals surface area contributed by atoms with Crippen LogP contribution in [-0.4, -0.2) is 12.5 Å². The lowest BCUT2D eigenvalue weighted by Crippen LogP contribution is -2.23. The van der Waals surface area contributed by atoms with Crippen molar-refractivity contribution in [3.05, 3.63) is 12.7 Å². The molecule has 2 heteroatoms. The summed E-state index contributed by atoms with van der Waals surface area (Å²) in [5.74, 6) is 0.390. The smallest absolute Gasteiger partial charge is 0.220 e. The van der Waals surface area contributed by atoms with Gasteiger partial charge in [0.25, 0.3) is 0 Å². The van der Waals surface area contributed by atoms with Gasteiger partial charge in [-0.1, -0.05) is 13.0 Å². The molecule has 0 aromatic carbocycles. The van der Waals surface area contributed by atoms with Crippen LogP contribution in [0.4, 0.5) is 0 Å². The minimum Gasteiger partial charge on any atom is -0.356 e. The predicted octanol–water partition coefficient (Wildman–Crippen LogP) is 1.33. The summed E-state index contributed by atoms with van der Waals surface area (Å²) < 4.78 is 0. The predicted molar refractivity (Wildman–Crippen MR) is 42.7 cm³/mol. The van der Waals surface area contributed by atoms with Crippen LogP contribution in [0.25, 0.3) is 0 Å². The van der Waals surface area contributed by atoms with E-state index in [1.165, 1.54) is 0 Å². The molecule has 0 spiro atoms. The van der Waals surface area contributed by atoms with Crippen molar-refractivity contribution in [3.63, 3.8) is 0 Å². The number of amides is 1. The monoisotopic (exact) mass is 141 g/mol. The lowest BCUT2D eigenvalue weighted by Gasteiger charge is -2.04. The molecule has 0 saturated heterocycles. The van der Waals surface area contributed by atoms with E-state index < -0.39 is 0 Å². The van der Waals surface area contributed by atoms with Crippen molar-refractivity contribution in [3.8, 4) is 0 Å². The molecule has 0 aliphatic heterocycles. The molecule has 1 amide bonds. The van der Waals surface area contributed by atoms with Gasteiger partial charge in [0, 0.05) is 13.0 Å². The molecule has 0 saturated carbocycles. The lowest BCUT2D eigenvalue weighted by atomic mass is 10.1. The van der Waals surface area contributed by atoms with Crippen LogP contribution in [0.5, 0.6) is 0 Å². The normalized spacial score (nSPS) is 12.2. The van der Waals surface area contributed by atoms with Crippen LogP contribution in [0.1, 0.15) is 20.3 Å². The Kier molecular flexibility index (Phi) is 4.63. The fourth-order valence-corrected chi connectivity index (χ4v) is 0.645. The summed E-state index contributed by atoms with van der Waals surface area (Å²) in [5, 5.41) is 2.72. The average molecular weight is 141 g/mol. The first kappa shape index (κ1) is 9.21. The summed E-state index contributed by atoms with van der Waals surface area (Å²) in [7, 11) is 0. The van der Waals surface area contributed by atoms with Crippen molar-refractivity contribution in [2.45, 2.75) is 20.3 Å². The molecule has 0 aromatic heterocycles. The first-order valence-corrected chi connectivity index (χ1v) is 3.60. The Morgan fingerprint density at radius 2 is 2.40 bits per heavy atom. The third-order valence-electron chi connectivity index (χ3n) is 1.28. The molecule has 0 heterocycles. The topological polar surface area (TPSA) is 29.1 Å². The molecular weight excluding hydrogens is 126 g/mol. The highest BCUT2D eigenvalue weighted by Crippen LogP contribution is 2.00. The Morgan fingerprint density at radius 3 is 2.80 bits per heavy atom. The van der Waals surface area contributed by atoms with Gasteiger partial charge in [0.1, 0.15) is 0 Å². The molecule has 58 valence electrons. The Morgan fingerprint density at radius 1 is 1.80 bits per heavy atom. The third-order valence-corrected chi connectivity index (χ3v) is 1.28. The Balaban J connectivity index is 3.46. The van der Waals surface area contributed by atoms with E-state index in [0.717, 1.165) is 0 Å². The van der Waals surface area contributed by atoms with Gasteiger partial charge in [-0.3, -0.25) is 4.79 Å². The van der Waals surface area contributed by atoms with Crippen molar-refractivity contribution in [2.24, 2.45) is 5.92 Å². The van der Waals surface area contributed by atoms with Crippen molar-refractivity contribution in [1.29, 1.82) is 0 Å². The SMILES string of the molecule is C=CC(C)CC(=O)NCC. The fraction of sp³-hybridized carbons (Fsp3) is 0.625. The molecule has 0 aromatic rings. The van der Waals surface area contributed by atoms with E-state index in [9.17, 15) is 4.79 Å². The Bertz CT molecular complexity index is 120. The van der Waals surface area contributed by atoms with E-state index in [0.29, 0.717) is 13.0 Å². The number of hydrogen-bond acceptors (Lipinski definition) is 1. The van der Waals surface area contributed by atoms with Gasteiger partial charge < -0.3 is 5.32 Å². The second-order valence-corrected chi connectivity index (χ2v) is 2.37. The standard InChI is InChI=1S/C8H15NO/c1-4-7(3)6-8(10)9-5-2/h4,7H,1,5-6H2,2-3H3,(H,9,10). The maximum Gasteiger partial charge on any atom is 0.220 e. The van der Waals surface area contributed by atoms with Gasteiger partial charge >= 0.3 is 0 Å². The first-order chi connectivity index (χ1) is 4.70. The minimum atomic E-state index is 0.106. The molecule has 1 unspecified atom stereocenters. The molecule has 0 aliphatic carbocycles. The molecule has 1 atom stereocenters. The third kappa shape index (κ3) is 4.13. The van der Waals surface area contributed by atoms with Crippen LogP contribution in [0.3, 0.4) is 0 Å². The van der Waals surface area contributed by atoms with Crippen molar-refractivity contribution >= 4 is 5.91 Å². The maximum absolute atomic E-state index is 10.9. The molecule has 0 fully saturated rings. The van der Waals surface area contributed by atoms with Gasteiger partial charge in [0.05, 0.1) is 0 Å². The van der Waals surface area contributed by atoms with E-state index in [-0.39, 0.29) is 11.8 Å². The zero-order valence-corrected chi connectivity index (χ0v) is 6.68. The molecule has 0 bridgehead atoms. The van der Waals surface area contributed by atoms with E-state index in [4.69, 9.17) is 0 Å². The number of hydrogen-bond donors (Lipinski definition) is 1. The van der Waals surface area contributed by atoms with E-state index >= 15 is 0 Å². The summed E-state index contributed by atoms with van der Waals surface area (Å²) >= 11 is 0. The van der Waals surface area contributed by atoms with Crippen molar-refractivity contribution in [2.75, 3.05) is 6.54 Å². The minimum absolute atomic E-state index is 0.106. The zero-order chi connectivity index (χ0) is 7.98. The van der Waals surface area contributed by atoms with Gasteiger partial charge in [0.2, 0.25) is 5.91 Å². The van der Waals surface area contributed by atoms with E-state index in [1.54, 1.807) is 6.08 Å². The number of allylic oxidation sites excluding steroid dienone is 1. The van der Waals surface area contributed by atoms with E-state index in [2.05, 4.69) is 11.9 Å². The number of rotatable bonds is 4. The first-order valence-electron chi connectivity index (χ1n) is 3.60. The number of carbonyl (C=O) groups excluding carboxylic acids is 1. The highest BCUT2D eigenvalue weighted by atomic mass is 16.1. The van der Waals surface area contributed by atoms with Crippen LogP contribution < -0.4 is 5.32 Å². The lowest BCUT2D eigenvalue weighted by molar-refractivity contribution is -0.121.